The normalized spacial score (nSPS) is 12.9. The second-order valence-corrected chi connectivity index (χ2v) is 20.9. The minimum Gasteiger partial charge on any atom is -0.509 e. The van der Waals surface area contributed by atoms with Crippen LogP contribution < -0.4 is 14.5 Å². The number of benzene rings is 7. The van der Waals surface area contributed by atoms with Crippen molar-refractivity contribution < 1.29 is 25.8 Å². The number of ether oxygens (including phenoxy) is 1. The fourth-order valence-electron chi connectivity index (χ4n) is 9.50. The van der Waals surface area contributed by atoms with Crippen LogP contribution in [-0.4, -0.2) is 9.55 Å². The third-order valence-electron chi connectivity index (χ3n) is 13.5. The molecule has 10 rings (SSSR count). The molecule has 0 bridgehead atoms. The van der Waals surface area contributed by atoms with Gasteiger partial charge in [0.2, 0.25) is 0 Å². The van der Waals surface area contributed by atoms with E-state index in [1.54, 1.807) is 0 Å². The SMILES string of the molecule is CC(C)c1ccccc1-c1cc(Oc2[c-]c3c(cc2)c2ccccc2n3-c2cc(C(C)(C)C)ccn2)[c-]c(N2[CH-]N(c3cc(C(C)(C)C)cc(C(C)(C)c4ccccc4)c3)c3ccccc32)c1.[CH3-].[Pt+4]. The summed E-state index contributed by atoms with van der Waals surface area (Å²) in [5.41, 5.74) is 14.3. The van der Waals surface area contributed by atoms with Gasteiger partial charge in [-0.3, -0.25) is 0 Å². The summed E-state index contributed by atoms with van der Waals surface area (Å²) < 4.78 is 9.17. The molecule has 2 aromatic heterocycles. The zero-order valence-corrected chi connectivity index (χ0v) is 44.0. The average molecular weight is 1090 g/mol. The molecule has 9 aromatic rings. The maximum atomic E-state index is 6.96. The maximum Gasteiger partial charge on any atom is 4.00 e. The van der Waals surface area contributed by atoms with Crippen LogP contribution in [0.15, 0.2) is 164 Å². The Balaban J connectivity index is 0.00000321. The minimum absolute atomic E-state index is 0. The summed E-state index contributed by atoms with van der Waals surface area (Å²) in [6, 6.07) is 64.1. The Morgan fingerprint density at radius 2 is 1.22 bits per heavy atom. The third kappa shape index (κ3) is 9.27. The first kappa shape index (κ1) is 49.0. The molecule has 0 saturated carbocycles. The summed E-state index contributed by atoms with van der Waals surface area (Å²) in [4.78, 5) is 9.50. The molecule has 0 unspecified atom stereocenters. The van der Waals surface area contributed by atoms with Gasteiger partial charge in [0.1, 0.15) is 5.82 Å². The van der Waals surface area contributed by atoms with E-state index in [-0.39, 0.29) is 44.7 Å². The molecule has 350 valence electrons. The number of para-hydroxylation sites is 3. The quantitative estimate of drug-likeness (QED) is 0.135. The van der Waals surface area contributed by atoms with E-state index < -0.39 is 0 Å². The van der Waals surface area contributed by atoms with Crippen LogP contribution in [0.25, 0.3) is 38.8 Å². The van der Waals surface area contributed by atoms with Crippen molar-refractivity contribution in [3.05, 3.63) is 218 Å². The first-order valence-corrected chi connectivity index (χ1v) is 23.6. The standard InChI is InChI=1S/C62H59N4O.CH3.Pt/c1-41(2)51-22-14-15-23-52(51)42-32-47(38-50(33-42)67-49-28-29-54-53-24-16-17-25-55(53)66(58(54)39-49)59-37-44(30-31-63-59)60(3,4)5)64-40-65(57-27-19-18-26-56(57)64)48-35-45(61(6,7)8)34-46(36-48)62(9,10)43-20-12-11-13-21-43;;/h11-37,40-41H,1-10H3;1H3;/q-3;-1;+4. The summed E-state index contributed by atoms with van der Waals surface area (Å²) >= 11 is 0. The molecular formula is C63H62N4OPt. The molecule has 3 heterocycles. The maximum absolute atomic E-state index is 6.96. The van der Waals surface area contributed by atoms with Crippen LogP contribution >= 0.6 is 0 Å². The van der Waals surface area contributed by atoms with Crippen LogP contribution in [0, 0.1) is 26.2 Å². The van der Waals surface area contributed by atoms with Gasteiger partial charge in [-0.1, -0.05) is 166 Å². The molecule has 5 nitrogen and oxygen atoms in total. The van der Waals surface area contributed by atoms with E-state index in [2.05, 4.69) is 254 Å². The van der Waals surface area contributed by atoms with Crippen molar-refractivity contribution >= 4 is 44.6 Å². The summed E-state index contributed by atoms with van der Waals surface area (Å²) in [5.74, 6) is 2.36. The Kier molecular flexibility index (Phi) is 13.4. The zero-order chi connectivity index (χ0) is 46.8. The number of fused-ring (bicyclic) bond motifs is 4. The van der Waals surface area contributed by atoms with Crippen molar-refractivity contribution in [1.29, 1.82) is 0 Å². The number of nitrogens with zero attached hydrogens (tertiary/aromatic N) is 4. The van der Waals surface area contributed by atoms with Crippen molar-refractivity contribution in [3.8, 4) is 28.4 Å². The Morgan fingerprint density at radius 1 is 0.565 bits per heavy atom. The molecule has 0 N–H and O–H groups in total. The Labute approximate surface area is 425 Å². The topological polar surface area (TPSA) is 33.5 Å². The first-order chi connectivity index (χ1) is 32.0. The van der Waals surface area contributed by atoms with Crippen molar-refractivity contribution in [1.82, 2.24) is 9.55 Å². The van der Waals surface area contributed by atoms with Crippen LogP contribution in [-0.2, 0) is 37.3 Å². The molecular weight excluding hydrogens is 1020 g/mol. The van der Waals surface area contributed by atoms with Crippen LogP contribution in [0.5, 0.6) is 11.5 Å². The number of aromatic nitrogens is 2. The van der Waals surface area contributed by atoms with Gasteiger partial charge in [0, 0.05) is 45.7 Å². The van der Waals surface area contributed by atoms with Gasteiger partial charge in [0.05, 0.1) is 0 Å². The minimum atomic E-state index is -0.226. The Bertz CT molecular complexity index is 3300. The molecule has 0 spiro atoms. The predicted molar refractivity (Wildman–Crippen MR) is 286 cm³/mol. The molecule has 0 amide bonds. The smallest absolute Gasteiger partial charge is 0.509 e. The third-order valence-corrected chi connectivity index (χ3v) is 13.5. The molecule has 0 radical (unpaired) electrons. The summed E-state index contributed by atoms with van der Waals surface area (Å²) in [5, 5.41) is 2.23. The van der Waals surface area contributed by atoms with Crippen LogP contribution in [0.3, 0.4) is 0 Å². The van der Waals surface area contributed by atoms with Gasteiger partial charge in [0.25, 0.3) is 0 Å². The van der Waals surface area contributed by atoms with Gasteiger partial charge >= 0.3 is 21.1 Å². The molecule has 1 aliphatic heterocycles. The van der Waals surface area contributed by atoms with Gasteiger partial charge in [0.15, 0.2) is 0 Å². The molecule has 0 aliphatic carbocycles. The second kappa shape index (κ2) is 18.8. The molecule has 0 atom stereocenters. The van der Waals surface area contributed by atoms with E-state index in [1.807, 2.05) is 12.3 Å². The molecule has 69 heavy (non-hydrogen) atoms. The Morgan fingerprint density at radius 3 is 1.94 bits per heavy atom. The largest absolute Gasteiger partial charge is 4.00 e. The van der Waals surface area contributed by atoms with E-state index >= 15 is 0 Å². The molecule has 0 saturated heterocycles. The van der Waals surface area contributed by atoms with Crippen LogP contribution in [0.1, 0.15) is 103 Å². The van der Waals surface area contributed by atoms with Crippen molar-refractivity contribution in [2.45, 2.75) is 91.4 Å². The summed E-state index contributed by atoms with van der Waals surface area (Å²) in [7, 11) is 0. The van der Waals surface area contributed by atoms with E-state index in [4.69, 9.17) is 9.72 Å². The van der Waals surface area contributed by atoms with Crippen LogP contribution in [0.4, 0.5) is 22.7 Å². The Hall–Kier alpha value is -6.42. The van der Waals surface area contributed by atoms with Gasteiger partial charge in [-0.25, -0.2) is 4.98 Å². The fraction of sp³-hybridized carbons (Fsp3) is 0.222. The van der Waals surface area contributed by atoms with Gasteiger partial charge in [-0.2, -0.15) is 6.07 Å². The van der Waals surface area contributed by atoms with Gasteiger partial charge < -0.3 is 26.5 Å². The van der Waals surface area contributed by atoms with E-state index in [1.165, 1.54) is 27.8 Å². The van der Waals surface area contributed by atoms with Gasteiger partial charge in [-0.05, 0) is 98.0 Å². The molecule has 6 heteroatoms. The van der Waals surface area contributed by atoms with Gasteiger partial charge in [-0.15, -0.1) is 53.6 Å². The monoisotopic (exact) mass is 1090 g/mol. The zero-order valence-electron chi connectivity index (χ0n) is 41.8. The number of anilines is 4. The van der Waals surface area contributed by atoms with E-state index in [0.717, 1.165) is 61.5 Å². The first-order valence-electron chi connectivity index (χ1n) is 23.6. The summed E-state index contributed by atoms with van der Waals surface area (Å²) in [6.45, 7) is 25.0. The molecule has 0 fully saturated rings. The average Bonchev–Trinajstić information content (AvgIpc) is 3.87. The molecule has 7 aromatic carbocycles. The van der Waals surface area contributed by atoms with E-state index in [9.17, 15) is 0 Å². The van der Waals surface area contributed by atoms with Crippen molar-refractivity contribution in [2.24, 2.45) is 0 Å². The fourth-order valence-corrected chi connectivity index (χ4v) is 9.50. The van der Waals surface area contributed by atoms with Crippen molar-refractivity contribution in [2.75, 3.05) is 9.80 Å². The number of hydrogen-bond donors (Lipinski definition) is 0. The molecule has 1 aliphatic rings. The predicted octanol–water partition coefficient (Wildman–Crippen LogP) is 17.1. The summed E-state index contributed by atoms with van der Waals surface area (Å²) in [6.07, 6.45) is 1.91. The van der Waals surface area contributed by atoms with E-state index in [0.29, 0.717) is 17.4 Å². The number of hydrogen-bond acceptors (Lipinski definition) is 4. The van der Waals surface area contributed by atoms with Crippen molar-refractivity contribution in [3.63, 3.8) is 0 Å². The second-order valence-electron chi connectivity index (χ2n) is 20.9. The number of rotatable bonds is 9. The van der Waals surface area contributed by atoms with Crippen LogP contribution in [0.2, 0.25) is 0 Å². The number of pyridine rings is 1.